The van der Waals surface area contributed by atoms with E-state index in [1.54, 1.807) is 24.3 Å². The Morgan fingerprint density at radius 2 is 1.90 bits per heavy atom. The number of allylic oxidation sites excluding steroid dienone is 1. The summed E-state index contributed by atoms with van der Waals surface area (Å²) in [5.41, 5.74) is 0.449. The van der Waals surface area contributed by atoms with Gasteiger partial charge in [-0.15, -0.1) is 0 Å². The zero-order chi connectivity index (χ0) is 16.1. The fourth-order valence-corrected chi connectivity index (χ4v) is 1.77. The maximum Gasteiger partial charge on any atom is 0.228 e. The van der Waals surface area contributed by atoms with Crippen molar-refractivity contribution in [3.8, 4) is 0 Å². The van der Waals surface area contributed by atoms with Gasteiger partial charge in [0.15, 0.2) is 0 Å². The molecule has 5 heteroatoms. The molecule has 0 bridgehead atoms. The first-order valence-electron chi connectivity index (χ1n) is 7.23. The molecule has 0 spiro atoms. The molecule has 2 heterocycles. The average Bonchev–Trinajstić information content (AvgIpc) is 2.74. The standard InChI is InChI=1S/C6H9NO.C6H11NO.C4H5O/c1-2-7-5-3-4-6(7)8;8-6-4-2-1-3-5-7-6;1-4(2)3-5/h2H,1,3-5H2;1-5H2,(H,7,8);1H2,2H3. The summed E-state index contributed by atoms with van der Waals surface area (Å²) in [5, 5.41) is 2.81. The number of rotatable bonds is 2. The van der Waals surface area contributed by atoms with Crippen molar-refractivity contribution in [2.45, 2.75) is 45.4 Å². The third kappa shape index (κ3) is 10.5. The second-order valence-electron chi connectivity index (χ2n) is 4.92. The van der Waals surface area contributed by atoms with Gasteiger partial charge in [-0.05, 0) is 38.0 Å². The number of likely N-dealkylation sites (tertiary alicyclic amines) is 1. The summed E-state index contributed by atoms with van der Waals surface area (Å²) < 4.78 is 0. The van der Waals surface area contributed by atoms with Crippen LogP contribution in [0, 0.1) is 0 Å². The van der Waals surface area contributed by atoms with E-state index >= 15 is 0 Å². The van der Waals surface area contributed by atoms with Gasteiger partial charge in [-0.1, -0.05) is 19.6 Å². The van der Waals surface area contributed by atoms with Gasteiger partial charge in [0.05, 0.1) is 0 Å². The van der Waals surface area contributed by atoms with Gasteiger partial charge in [0, 0.05) is 25.9 Å². The van der Waals surface area contributed by atoms with Gasteiger partial charge < -0.3 is 10.2 Å². The Hall–Kier alpha value is -1.91. The highest BCUT2D eigenvalue weighted by Crippen LogP contribution is 2.08. The predicted molar refractivity (Wildman–Crippen MR) is 83.1 cm³/mol. The first-order valence-corrected chi connectivity index (χ1v) is 7.23. The van der Waals surface area contributed by atoms with Crippen LogP contribution in [0.2, 0.25) is 0 Å². The van der Waals surface area contributed by atoms with Crippen molar-refractivity contribution < 1.29 is 14.4 Å². The summed E-state index contributed by atoms with van der Waals surface area (Å²) in [5.74, 6) is 0.433. The summed E-state index contributed by atoms with van der Waals surface area (Å²) in [6.45, 7) is 10.1. The van der Waals surface area contributed by atoms with E-state index in [0.717, 1.165) is 38.8 Å². The van der Waals surface area contributed by atoms with Crippen molar-refractivity contribution in [1.29, 1.82) is 0 Å². The molecule has 0 unspecified atom stereocenters. The van der Waals surface area contributed by atoms with Gasteiger partial charge in [0.1, 0.15) is 0 Å². The van der Waals surface area contributed by atoms with Gasteiger partial charge in [-0.2, -0.15) is 0 Å². The molecule has 2 saturated heterocycles. The van der Waals surface area contributed by atoms with E-state index in [1.165, 1.54) is 6.42 Å². The van der Waals surface area contributed by atoms with Crippen LogP contribution in [0.1, 0.15) is 45.4 Å². The molecule has 2 fully saturated rings. The van der Waals surface area contributed by atoms with E-state index in [9.17, 15) is 14.4 Å². The summed E-state index contributed by atoms with van der Waals surface area (Å²) in [7, 11) is 0. The monoisotopic (exact) mass is 293 g/mol. The fraction of sp³-hybridized carbons (Fsp3) is 0.562. The van der Waals surface area contributed by atoms with Gasteiger partial charge >= 0.3 is 0 Å². The van der Waals surface area contributed by atoms with E-state index in [-0.39, 0.29) is 11.8 Å². The number of amides is 2. The average molecular weight is 293 g/mol. The Labute approximate surface area is 127 Å². The Morgan fingerprint density at radius 3 is 2.33 bits per heavy atom. The van der Waals surface area contributed by atoms with Crippen LogP contribution >= 0.6 is 0 Å². The number of nitrogens with zero attached hydrogens (tertiary/aromatic N) is 1. The van der Waals surface area contributed by atoms with Crippen LogP contribution in [0.15, 0.2) is 24.9 Å². The fourth-order valence-electron chi connectivity index (χ4n) is 1.77. The molecule has 0 aromatic heterocycles. The number of carbonyl (C=O) groups excluding carboxylic acids is 3. The lowest BCUT2D eigenvalue weighted by atomic mass is 10.2. The van der Waals surface area contributed by atoms with Crippen molar-refractivity contribution in [1.82, 2.24) is 10.2 Å². The third-order valence-corrected chi connectivity index (χ3v) is 2.91. The first-order chi connectivity index (χ1) is 10.0. The van der Waals surface area contributed by atoms with Crippen LogP contribution in [0.3, 0.4) is 0 Å². The Bertz CT molecular complexity index is 368. The van der Waals surface area contributed by atoms with Crippen LogP contribution in [0.4, 0.5) is 0 Å². The Balaban J connectivity index is 0.000000296. The van der Waals surface area contributed by atoms with Crippen LogP contribution < -0.4 is 5.32 Å². The highest BCUT2D eigenvalue weighted by Gasteiger charge is 2.16. The Kier molecular flexibility index (Phi) is 10.8. The first kappa shape index (κ1) is 19.1. The lowest BCUT2D eigenvalue weighted by molar-refractivity contribution is -0.125. The number of carbonyl (C=O) groups is 2. The summed E-state index contributed by atoms with van der Waals surface area (Å²) >= 11 is 0. The highest BCUT2D eigenvalue weighted by atomic mass is 16.2. The van der Waals surface area contributed by atoms with E-state index in [0.29, 0.717) is 12.0 Å². The van der Waals surface area contributed by atoms with Crippen LogP contribution in [-0.2, 0) is 14.4 Å². The van der Waals surface area contributed by atoms with Gasteiger partial charge in [0.25, 0.3) is 0 Å². The quantitative estimate of drug-likeness (QED) is 0.793. The van der Waals surface area contributed by atoms with Crippen molar-refractivity contribution >= 4 is 18.1 Å². The Morgan fingerprint density at radius 1 is 1.24 bits per heavy atom. The molecule has 2 aliphatic rings. The molecule has 1 radical (unpaired) electrons. The molecule has 2 aliphatic heterocycles. The lowest BCUT2D eigenvalue weighted by Gasteiger charge is -2.05. The normalized spacial score (nSPS) is 17.3. The minimum atomic E-state index is 0.208. The molecular weight excluding hydrogens is 268 g/mol. The molecule has 0 aliphatic carbocycles. The van der Waals surface area contributed by atoms with Crippen molar-refractivity contribution in [2.75, 3.05) is 13.1 Å². The molecule has 0 saturated carbocycles. The van der Waals surface area contributed by atoms with Crippen LogP contribution in [0.25, 0.3) is 0 Å². The van der Waals surface area contributed by atoms with Gasteiger partial charge in [0.2, 0.25) is 18.1 Å². The topological polar surface area (TPSA) is 66.5 Å². The van der Waals surface area contributed by atoms with Gasteiger partial charge in [-0.25, -0.2) is 0 Å². The maximum absolute atomic E-state index is 10.7. The zero-order valence-corrected chi connectivity index (χ0v) is 12.8. The maximum atomic E-state index is 10.7. The molecule has 1 N–H and O–H groups in total. The summed E-state index contributed by atoms with van der Waals surface area (Å²) in [6.07, 6.45) is 9.04. The lowest BCUT2D eigenvalue weighted by Crippen LogP contribution is -2.21. The van der Waals surface area contributed by atoms with E-state index in [1.807, 2.05) is 0 Å². The molecule has 0 aromatic rings. The van der Waals surface area contributed by atoms with Crippen molar-refractivity contribution in [2.24, 2.45) is 0 Å². The summed E-state index contributed by atoms with van der Waals surface area (Å²) in [6, 6.07) is 0. The van der Waals surface area contributed by atoms with E-state index in [2.05, 4.69) is 18.5 Å². The SMILES string of the molecule is C=C(C)[C]=O.C=CN1CCCC1=O.O=C1CCCCCN1. The molecule has 2 amide bonds. The molecule has 2 rings (SSSR count). The second kappa shape index (κ2) is 11.9. The minimum Gasteiger partial charge on any atom is -0.356 e. The predicted octanol–water partition coefficient (Wildman–Crippen LogP) is 2.10. The zero-order valence-electron chi connectivity index (χ0n) is 12.8. The largest absolute Gasteiger partial charge is 0.356 e. The van der Waals surface area contributed by atoms with Crippen LogP contribution in [-0.4, -0.2) is 36.1 Å². The van der Waals surface area contributed by atoms with Crippen LogP contribution in [0.5, 0.6) is 0 Å². The molecule has 21 heavy (non-hydrogen) atoms. The smallest absolute Gasteiger partial charge is 0.228 e. The van der Waals surface area contributed by atoms with Crippen molar-refractivity contribution in [3.63, 3.8) is 0 Å². The van der Waals surface area contributed by atoms with E-state index in [4.69, 9.17) is 0 Å². The number of hydrogen-bond donors (Lipinski definition) is 1. The molecule has 5 nitrogen and oxygen atoms in total. The second-order valence-corrected chi connectivity index (χ2v) is 4.92. The third-order valence-electron chi connectivity index (χ3n) is 2.91. The molecule has 117 valence electrons. The molecule has 0 atom stereocenters. The highest BCUT2D eigenvalue weighted by molar-refractivity contribution is 5.79. The number of nitrogens with one attached hydrogen (secondary N) is 1. The van der Waals surface area contributed by atoms with Crippen molar-refractivity contribution in [3.05, 3.63) is 24.9 Å². The molecule has 0 aromatic carbocycles. The van der Waals surface area contributed by atoms with Gasteiger partial charge in [-0.3, -0.25) is 14.4 Å². The minimum absolute atomic E-state index is 0.208. The van der Waals surface area contributed by atoms with E-state index < -0.39 is 0 Å². The molecular formula is C16H25N2O3. The summed E-state index contributed by atoms with van der Waals surface area (Å²) in [4.78, 5) is 32.2. The number of hydrogen-bond acceptors (Lipinski definition) is 3.